The summed E-state index contributed by atoms with van der Waals surface area (Å²) < 4.78 is 0. The van der Waals surface area contributed by atoms with Crippen molar-refractivity contribution in [3.63, 3.8) is 0 Å². The number of aliphatic carboxylic acids is 1. The molecule has 1 aliphatic carbocycles. The molecule has 3 N–H and O–H groups in total. The Morgan fingerprint density at radius 1 is 1.29 bits per heavy atom. The summed E-state index contributed by atoms with van der Waals surface area (Å²) >= 11 is 0. The van der Waals surface area contributed by atoms with E-state index in [4.69, 9.17) is 5.11 Å². The van der Waals surface area contributed by atoms with Crippen LogP contribution in [0.5, 0.6) is 0 Å². The second kappa shape index (κ2) is 6.64. The Bertz CT molecular complexity index is 393. The van der Waals surface area contributed by atoms with Gasteiger partial charge in [0.1, 0.15) is 0 Å². The fourth-order valence-corrected chi connectivity index (χ4v) is 3.40. The summed E-state index contributed by atoms with van der Waals surface area (Å²) in [6.07, 6.45) is 4.70. The van der Waals surface area contributed by atoms with Crippen molar-refractivity contribution in [2.75, 3.05) is 13.1 Å². The number of urea groups is 1. The van der Waals surface area contributed by atoms with E-state index in [0.717, 1.165) is 38.5 Å². The Balaban J connectivity index is 1.99. The molecule has 1 saturated carbocycles. The molecule has 120 valence electrons. The molecule has 6 heteroatoms. The standard InChI is InChI=1S/C15H26N2O4/c1-11-5-8-17(10-12(11)18)14(21)16-15(9-13(19)20)6-3-2-4-7-15/h11-12,18H,2-10H2,1H3,(H,16,21)(H,19,20). The molecule has 0 radical (unpaired) electrons. The van der Waals surface area contributed by atoms with Gasteiger partial charge < -0.3 is 20.4 Å². The summed E-state index contributed by atoms with van der Waals surface area (Å²) in [5.74, 6) is -0.666. The van der Waals surface area contributed by atoms with Gasteiger partial charge in [0, 0.05) is 13.1 Å². The van der Waals surface area contributed by atoms with E-state index in [1.807, 2.05) is 6.92 Å². The predicted molar refractivity (Wildman–Crippen MR) is 78.0 cm³/mol. The lowest BCUT2D eigenvalue weighted by Gasteiger charge is -2.41. The van der Waals surface area contributed by atoms with Gasteiger partial charge in [-0.15, -0.1) is 0 Å². The molecule has 1 saturated heterocycles. The minimum Gasteiger partial charge on any atom is -0.481 e. The van der Waals surface area contributed by atoms with Crippen molar-refractivity contribution in [3.05, 3.63) is 0 Å². The summed E-state index contributed by atoms with van der Waals surface area (Å²) in [5, 5.41) is 22.0. The molecule has 2 amide bonds. The van der Waals surface area contributed by atoms with Crippen LogP contribution in [0, 0.1) is 5.92 Å². The average Bonchev–Trinajstić information content (AvgIpc) is 2.41. The average molecular weight is 298 g/mol. The highest BCUT2D eigenvalue weighted by Crippen LogP contribution is 2.31. The smallest absolute Gasteiger partial charge is 0.317 e. The second-order valence-corrected chi connectivity index (χ2v) is 6.62. The first-order valence-corrected chi connectivity index (χ1v) is 7.89. The van der Waals surface area contributed by atoms with Crippen molar-refractivity contribution in [2.24, 2.45) is 5.92 Å². The van der Waals surface area contributed by atoms with E-state index in [2.05, 4.69) is 5.32 Å². The number of carboxylic acid groups (broad SMARTS) is 1. The molecule has 2 unspecified atom stereocenters. The minimum absolute atomic E-state index is 0.0223. The van der Waals surface area contributed by atoms with Crippen molar-refractivity contribution < 1.29 is 19.8 Å². The zero-order chi connectivity index (χ0) is 15.5. The summed E-state index contributed by atoms with van der Waals surface area (Å²) in [7, 11) is 0. The zero-order valence-electron chi connectivity index (χ0n) is 12.7. The molecule has 0 aromatic heterocycles. The minimum atomic E-state index is -0.871. The Morgan fingerprint density at radius 2 is 1.95 bits per heavy atom. The maximum atomic E-state index is 12.4. The van der Waals surface area contributed by atoms with E-state index < -0.39 is 17.6 Å². The Labute approximate surface area is 125 Å². The van der Waals surface area contributed by atoms with Crippen molar-refractivity contribution in [1.29, 1.82) is 0 Å². The molecule has 2 fully saturated rings. The fraction of sp³-hybridized carbons (Fsp3) is 0.867. The molecule has 0 aromatic carbocycles. The van der Waals surface area contributed by atoms with Crippen LogP contribution in [-0.2, 0) is 4.79 Å². The van der Waals surface area contributed by atoms with Gasteiger partial charge >= 0.3 is 12.0 Å². The summed E-state index contributed by atoms with van der Waals surface area (Å²) in [6.45, 7) is 2.93. The number of amides is 2. The van der Waals surface area contributed by atoms with Gasteiger partial charge in [0.15, 0.2) is 0 Å². The van der Waals surface area contributed by atoms with Gasteiger partial charge in [0.25, 0.3) is 0 Å². The third-order valence-electron chi connectivity index (χ3n) is 4.88. The SMILES string of the molecule is CC1CCN(C(=O)NC2(CC(=O)O)CCCCC2)CC1O. The van der Waals surface area contributed by atoms with Gasteiger partial charge in [-0.05, 0) is 25.2 Å². The van der Waals surface area contributed by atoms with Crippen LogP contribution in [0.25, 0.3) is 0 Å². The van der Waals surface area contributed by atoms with E-state index in [9.17, 15) is 14.7 Å². The lowest BCUT2D eigenvalue weighted by Crippen LogP contribution is -2.57. The van der Waals surface area contributed by atoms with Gasteiger partial charge in [0.05, 0.1) is 18.1 Å². The summed E-state index contributed by atoms with van der Waals surface area (Å²) in [6, 6.07) is -0.232. The Hall–Kier alpha value is -1.30. The number of hydrogen-bond acceptors (Lipinski definition) is 3. The second-order valence-electron chi connectivity index (χ2n) is 6.62. The largest absolute Gasteiger partial charge is 0.481 e. The van der Waals surface area contributed by atoms with Gasteiger partial charge in [-0.2, -0.15) is 0 Å². The van der Waals surface area contributed by atoms with Crippen LogP contribution in [0.1, 0.15) is 51.9 Å². The summed E-state index contributed by atoms with van der Waals surface area (Å²) in [5.41, 5.74) is -0.616. The molecule has 0 aromatic rings. The van der Waals surface area contributed by atoms with Gasteiger partial charge in [0.2, 0.25) is 0 Å². The number of carboxylic acids is 1. The van der Waals surface area contributed by atoms with Crippen molar-refractivity contribution in [2.45, 2.75) is 63.5 Å². The van der Waals surface area contributed by atoms with E-state index >= 15 is 0 Å². The van der Waals surface area contributed by atoms with Crippen LogP contribution in [0.4, 0.5) is 4.79 Å². The van der Waals surface area contributed by atoms with Gasteiger partial charge in [-0.1, -0.05) is 26.2 Å². The number of aliphatic hydroxyl groups is 1. The number of carbonyl (C=O) groups is 2. The number of likely N-dealkylation sites (tertiary alicyclic amines) is 1. The predicted octanol–water partition coefficient (Wildman–Crippen LogP) is 1.58. The maximum Gasteiger partial charge on any atom is 0.317 e. The van der Waals surface area contributed by atoms with Crippen LogP contribution in [0.2, 0.25) is 0 Å². The molecule has 21 heavy (non-hydrogen) atoms. The quantitative estimate of drug-likeness (QED) is 0.738. The van der Waals surface area contributed by atoms with Crippen LogP contribution in [0.3, 0.4) is 0 Å². The Kier molecular flexibility index (Phi) is 5.08. The number of hydrogen-bond donors (Lipinski definition) is 3. The first-order valence-electron chi connectivity index (χ1n) is 7.89. The highest BCUT2D eigenvalue weighted by molar-refractivity contribution is 5.77. The van der Waals surface area contributed by atoms with Gasteiger partial charge in [-0.3, -0.25) is 4.79 Å². The summed E-state index contributed by atoms with van der Waals surface area (Å²) in [4.78, 5) is 25.2. The van der Waals surface area contributed by atoms with Gasteiger partial charge in [-0.25, -0.2) is 4.79 Å². The topological polar surface area (TPSA) is 89.9 Å². The number of piperidine rings is 1. The normalized spacial score (nSPS) is 29.0. The number of rotatable bonds is 3. The number of carbonyl (C=O) groups excluding carboxylic acids is 1. The number of aliphatic hydroxyl groups excluding tert-OH is 1. The molecule has 2 atom stereocenters. The molecule has 0 bridgehead atoms. The third-order valence-corrected chi connectivity index (χ3v) is 4.88. The molecular weight excluding hydrogens is 272 g/mol. The number of nitrogens with one attached hydrogen (secondary N) is 1. The van der Waals surface area contributed by atoms with Crippen molar-refractivity contribution in [1.82, 2.24) is 10.2 Å². The van der Waals surface area contributed by atoms with E-state index in [1.54, 1.807) is 4.90 Å². The maximum absolute atomic E-state index is 12.4. The lowest BCUT2D eigenvalue weighted by molar-refractivity contribution is -0.139. The van der Waals surface area contributed by atoms with Crippen molar-refractivity contribution >= 4 is 12.0 Å². The fourth-order valence-electron chi connectivity index (χ4n) is 3.40. The van der Waals surface area contributed by atoms with E-state index in [0.29, 0.717) is 13.1 Å². The zero-order valence-corrected chi connectivity index (χ0v) is 12.7. The first-order chi connectivity index (χ1) is 9.92. The number of nitrogens with zero attached hydrogens (tertiary/aromatic N) is 1. The molecular formula is C15H26N2O4. The highest BCUT2D eigenvalue weighted by atomic mass is 16.4. The third kappa shape index (κ3) is 4.09. The van der Waals surface area contributed by atoms with Crippen molar-refractivity contribution in [3.8, 4) is 0 Å². The van der Waals surface area contributed by atoms with Crippen LogP contribution >= 0.6 is 0 Å². The van der Waals surface area contributed by atoms with Crippen LogP contribution < -0.4 is 5.32 Å². The Morgan fingerprint density at radius 3 is 2.52 bits per heavy atom. The molecule has 0 spiro atoms. The van der Waals surface area contributed by atoms with Crippen LogP contribution in [-0.4, -0.2) is 51.8 Å². The van der Waals surface area contributed by atoms with E-state index in [-0.39, 0.29) is 18.4 Å². The molecule has 2 aliphatic rings. The molecule has 1 heterocycles. The molecule has 1 aliphatic heterocycles. The lowest BCUT2D eigenvalue weighted by atomic mass is 9.79. The van der Waals surface area contributed by atoms with E-state index in [1.165, 1.54) is 0 Å². The van der Waals surface area contributed by atoms with Crippen LogP contribution in [0.15, 0.2) is 0 Å². The first kappa shape index (κ1) is 16.1. The number of β-amino-alcohol motifs (C(OH)–C–C–N with tert-alkyl or cyclic N) is 1. The molecule has 6 nitrogen and oxygen atoms in total. The monoisotopic (exact) mass is 298 g/mol. The highest BCUT2D eigenvalue weighted by Gasteiger charge is 2.38. The molecule has 2 rings (SSSR count).